The van der Waals surface area contributed by atoms with Gasteiger partial charge in [-0.15, -0.1) is 0 Å². The Morgan fingerprint density at radius 3 is 2.23 bits per heavy atom. The lowest BCUT2D eigenvalue weighted by atomic mass is 9.90. The van der Waals surface area contributed by atoms with Gasteiger partial charge in [-0.25, -0.2) is 0 Å². The van der Waals surface area contributed by atoms with Gasteiger partial charge < -0.3 is 10.6 Å². The maximum atomic E-state index is 12.4. The number of benzene rings is 2. The first-order chi connectivity index (χ1) is 12.4. The Labute approximate surface area is 156 Å². The second-order valence-corrected chi connectivity index (χ2v) is 7.26. The Balaban J connectivity index is 2.14. The molecule has 0 aliphatic heterocycles. The Kier molecular flexibility index (Phi) is 6.54. The number of hydrogen-bond acceptors (Lipinski definition) is 2. The summed E-state index contributed by atoms with van der Waals surface area (Å²) in [4.78, 5) is 12.4. The average molecular weight is 350 g/mol. The summed E-state index contributed by atoms with van der Waals surface area (Å²) in [6, 6.07) is 20.8. The summed E-state index contributed by atoms with van der Waals surface area (Å²) in [5, 5.41) is 14.3. The highest BCUT2D eigenvalue weighted by Gasteiger charge is 2.30. The van der Waals surface area contributed by atoms with E-state index >= 15 is 0 Å². The number of hydrogen-bond donors (Lipinski definition) is 2. The third-order valence-electron chi connectivity index (χ3n) is 4.92. The quantitative estimate of drug-likeness (QED) is 0.806. The molecule has 1 amide bonds. The van der Waals surface area contributed by atoms with E-state index in [0.29, 0.717) is 0 Å². The first kappa shape index (κ1) is 19.7. The van der Waals surface area contributed by atoms with E-state index in [1.165, 1.54) is 5.56 Å². The number of amides is 1. The molecule has 0 bridgehead atoms. The first-order valence-corrected chi connectivity index (χ1v) is 9.03. The molecule has 136 valence electrons. The zero-order valence-electron chi connectivity index (χ0n) is 16.0. The smallest absolute Gasteiger partial charge is 0.276 e. The van der Waals surface area contributed by atoms with Crippen LogP contribution in [0.25, 0.3) is 0 Å². The lowest BCUT2D eigenvalue weighted by Gasteiger charge is -2.27. The fourth-order valence-electron chi connectivity index (χ4n) is 2.77. The van der Waals surface area contributed by atoms with E-state index in [1.54, 1.807) is 6.92 Å². The third-order valence-corrected chi connectivity index (χ3v) is 4.92. The summed E-state index contributed by atoms with van der Waals surface area (Å²) in [5.74, 6) is -0.0886. The molecule has 26 heavy (non-hydrogen) atoms. The normalized spacial score (nSPS) is 14.3. The Bertz CT molecular complexity index is 762. The minimum absolute atomic E-state index is 0.0370. The van der Waals surface area contributed by atoms with Crippen molar-refractivity contribution in [1.29, 1.82) is 5.26 Å². The summed E-state index contributed by atoms with van der Waals surface area (Å²) in [7, 11) is 0. The van der Waals surface area contributed by atoms with E-state index in [2.05, 4.69) is 54.7 Å². The van der Waals surface area contributed by atoms with E-state index in [9.17, 15) is 10.1 Å². The molecule has 2 rings (SSSR count). The van der Waals surface area contributed by atoms with Crippen LogP contribution in [0.2, 0.25) is 0 Å². The molecule has 0 aromatic heterocycles. The van der Waals surface area contributed by atoms with Crippen molar-refractivity contribution < 1.29 is 10.1 Å². The molecule has 0 aliphatic carbocycles. The minimum Gasteiger partial charge on any atom is -0.333 e. The molecule has 2 aromatic carbocycles. The predicted molar refractivity (Wildman–Crippen MR) is 103 cm³/mol. The number of aryl methyl sites for hydroxylation is 1. The van der Waals surface area contributed by atoms with Crippen LogP contribution >= 0.6 is 0 Å². The molecule has 2 atom stereocenters. The zero-order valence-corrected chi connectivity index (χ0v) is 16.0. The number of nitrogens with two attached hydrogens (primary N) is 1. The standard InChI is InChI=1S/C22H27N3O/c1-16(2)22(4,15-23)25-20(26)14-24-21(18-8-6-5-7-9-18)19-12-10-17(3)11-13-19/h5-13,16,21,24H,14H2,1-4H3,(H,25,26)/p+1/t21-,22+/m0/s1. The number of nitrogens with zero attached hydrogens (tertiary/aromatic N) is 1. The SMILES string of the molecule is Cc1ccc([C@@H]([NH2+]CC(=O)N[C@](C)(C#N)C(C)C)c2ccccc2)cc1. The highest BCUT2D eigenvalue weighted by Crippen LogP contribution is 2.19. The van der Waals surface area contributed by atoms with Crippen molar-refractivity contribution in [1.82, 2.24) is 5.32 Å². The lowest BCUT2D eigenvalue weighted by Crippen LogP contribution is -2.88. The van der Waals surface area contributed by atoms with Crippen LogP contribution in [0.1, 0.15) is 43.5 Å². The molecule has 0 radical (unpaired) electrons. The molecule has 4 heteroatoms. The maximum Gasteiger partial charge on any atom is 0.276 e. The van der Waals surface area contributed by atoms with Crippen LogP contribution in [0.5, 0.6) is 0 Å². The predicted octanol–water partition coefficient (Wildman–Crippen LogP) is 2.70. The molecule has 0 unspecified atom stereocenters. The molecule has 4 nitrogen and oxygen atoms in total. The monoisotopic (exact) mass is 350 g/mol. The number of nitriles is 1. The van der Waals surface area contributed by atoms with Crippen LogP contribution in [0.4, 0.5) is 0 Å². The summed E-state index contributed by atoms with van der Waals surface area (Å²) in [6.07, 6.45) is 0. The van der Waals surface area contributed by atoms with Gasteiger partial charge >= 0.3 is 0 Å². The van der Waals surface area contributed by atoms with Gasteiger partial charge in [0, 0.05) is 11.1 Å². The number of nitrogens with one attached hydrogen (secondary N) is 1. The average Bonchev–Trinajstić information content (AvgIpc) is 2.64. The van der Waals surface area contributed by atoms with Crippen molar-refractivity contribution in [2.24, 2.45) is 5.92 Å². The highest BCUT2D eigenvalue weighted by atomic mass is 16.2. The van der Waals surface area contributed by atoms with E-state index in [4.69, 9.17) is 0 Å². The molecule has 0 aliphatic rings. The van der Waals surface area contributed by atoms with Crippen LogP contribution in [-0.2, 0) is 4.79 Å². The van der Waals surface area contributed by atoms with Gasteiger partial charge in [0.1, 0.15) is 11.6 Å². The molecule has 2 aromatic rings. The van der Waals surface area contributed by atoms with E-state index in [0.717, 1.165) is 11.1 Å². The molecular weight excluding hydrogens is 322 g/mol. The Hall–Kier alpha value is -2.64. The fraction of sp³-hybridized carbons (Fsp3) is 0.364. The summed E-state index contributed by atoms with van der Waals surface area (Å²) >= 11 is 0. The molecular formula is C22H28N3O+. The highest BCUT2D eigenvalue weighted by molar-refractivity contribution is 5.78. The Morgan fingerprint density at radius 1 is 1.12 bits per heavy atom. The summed E-state index contributed by atoms with van der Waals surface area (Å²) in [5.41, 5.74) is 2.66. The van der Waals surface area contributed by atoms with E-state index in [-0.39, 0.29) is 24.4 Å². The van der Waals surface area contributed by atoms with Crippen molar-refractivity contribution in [2.75, 3.05) is 6.54 Å². The fourth-order valence-corrected chi connectivity index (χ4v) is 2.77. The second-order valence-electron chi connectivity index (χ2n) is 7.26. The number of quaternary nitrogens is 1. The van der Waals surface area contributed by atoms with Crippen molar-refractivity contribution in [3.05, 3.63) is 71.3 Å². The number of carbonyl (C=O) groups is 1. The first-order valence-electron chi connectivity index (χ1n) is 9.03. The summed E-state index contributed by atoms with van der Waals surface area (Å²) in [6.45, 7) is 7.97. The molecule has 0 fully saturated rings. The topological polar surface area (TPSA) is 69.5 Å². The van der Waals surface area contributed by atoms with Crippen molar-refractivity contribution >= 4 is 5.91 Å². The van der Waals surface area contributed by atoms with E-state index < -0.39 is 5.54 Å². The van der Waals surface area contributed by atoms with Gasteiger partial charge in [0.25, 0.3) is 5.91 Å². The van der Waals surface area contributed by atoms with Crippen LogP contribution < -0.4 is 10.6 Å². The summed E-state index contributed by atoms with van der Waals surface area (Å²) < 4.78 is 0. The van der Waals surface area contributed by atoms with Crippen molar-refractivity contribution in [3.63, 3.8) is 0 Å². The molecule has 0 heterocycles. The van der Waals surface area contributed by atoms with Crippen LogP contribution in [0.15, 0.2) is 54.6 Å². The largest absolute Gasteiger partial charge is 0.333 e. The van der Waals surface area contributed by atoms with Crippen LogP contribution in [0, 0.1) is 24.2 Å². The number of carbonyl (C=O) groups excluding carboxylic acids is 1. The number of rotatable bonds is 7. The molecule has 0 saturated carbocycles. The van der Waals surface area contributed by atoms with Crippen LogP contribution in [-0.4, -0.2) is 18.0 Å². The molecule has 3 N–H and O–H groups in total. The van der Waals surface area contributed by atoms with Gasteiger partial charge in [-0.3, -0.25) is 4.79 Å². The van der Waals surface area contributed by atoms with Gasteiger partial charge in [-0.05, 0) is 19.8 Å². The van der Waals surface area contributed by atoms with Crippen LogP contribution in [0.3, 0.4) is 0 Å². The van der Waals surface area contributed by atoms with Gasteiger partial charge in [0.05, 0.1) is 6.07 Å². The molecule has 0 spiro atoms. The second kappa shape index (κ2) is 8.64. The van der Waals surface area contributed by atoms with Gasteiger partial charge in [0.2, 0.25) is 0 Å². The van der Waals surface area contributed by atoms with Crippen molar-refractivity contribution in [2.45, 2.75) is 39.3 Å². The maximum absolute atomic E-state index is 12.4. The lowest BCUT2D eigenvalue weighted by molar-refractivity contribution is -0.676. The van der Waals surface area contributed by atoms with E-state index in [1.807, 2.05) is 37.4 Å². The van der Waals surface area contributed by atoms with Gasteiger partial charge in [-0.2, -0.15) is 5.26 Å². The minimum atomic E-state index is -0.850. The zero-order chi connectivity index (χ0) is 19.2. The van der Waals surface area contributed by atoms with Gasteiger partial charge in [-0.1, -0.05) is 74.0 Å². The Morgan fingerprint density at radius 2 is 1.69 bits per heavy atom. The van der Waals surface area contributed by atoms with Crippen molar-refractivity contribution in [3.8, 4) is 6.07 Å². The van der Waals surface area contributed by atoms with Gasteiger partial charge in [0.15, 0.2) is 6.54 Å². The third kappa shape index (κ3) is 4.93. The molecule has 0 saturated heterocycles.